The first-order valence-electron chi connectivity index (χ1n) is 11.9. The van der Waals surface area contributed by atoms with Crippen LogP contribution < -0.4 is 5.32 Å². The van der Waals surface area contributed by atoms with Crippen LogP contribution in [0.4, 0.5) is 10.5 Å². The molecule has 1 N–H and O–H groups in total. The summed E-state index contributed by atoms with van der Waals surface area (Å²) in [6, 6.07) is 19.5. The number of hydrogen-bond acceptors (Lipinski definition) is 3. The third-order valence-electron chi connectivity index (χ3n) is 6.59. The number of rotatable bonds is 4. The Hall–Kier alpha value is -4.00. The van der Waals surface area contributed by atoms with E-state index in [1.807, 2.05) is 65.8 Å². The number of hydrogen-bond donors (Lipinski definition) is 1. The molecule has 0 spiro atoms. The molecule has 7 heteroatoms. The Morgan fingerprint density at radius 2 is 1.77 bits per heavy atom. The first kappa shape index (κ1) is 22.8. The number of carbonyl (C=O) groups excluding carboxylic acids is 2. The van der Waals surface area contributed by atoms with Crippen molar-refractivity contribution in [1.29, 1.82) is 0 Å². The Morgan fingerprint density at radius 1 is 1.00 bits per heavy atom. The summed E-state index contributed by atoms with van der Waals surface area (Å²) in [7, 11) is 0. The second kappa shape index (κ2) is 9.33. The van der Waals surface area contributed by atoms with Gasteiger partial charge in [0.25, 0.3) is 5.91 Å². The first-order valence-corrected chi connectivity index (χ1v) is 11.9. The van der Waals surface area contributed by atoms with E-state index < -0.39 is 0 Å². The smallest absolute Gasteiger partial charge is 0.322 e. The van der Waals surface area contributed by atoms with Gasteiger partial charge in [0, 0.05) is 36.7 Å². The summed E-state index contributed by atoms with van der Waals surface area (Å²) in [5.74, 6) is -0.0466. The molecule has 1 aliphatic rings. The highest BCUT2D eigenvalue weighted by Gasteiger charge is 2.32. The van der Waals surface area contributed by atoms with Crippen molar-refractivity contribution in [2.75, 3.05) is 25.0 Å². The van der Waals surface area contributed by atoms with Crippen LogP contribution in [0.25, 0.3) is 11.1 Å². The van der Waals surface area contributed by atoms with E-state index in [0.29, 0.717) is 37.6 Å². The number of nitrogens with one attached hydrogen (secondary N) is 1. The van der Waals surface area contributed by atoms with Crippen LogP contribution in [-0.2, 0) is 6.54 Å². The van der Waals surface area contributed by atoms with Crippen molar-refractivity contribution in [3.63, 3.8) is 0 Å². The SMILES string of the molecule is Cc1cccc(Cn2c(C(=O)N3CCN(C(=O)Nc4cccc(C)c4)C(C)C3)cc3ccoc32)c1. The summed E-state index contributed by atoms with van der Waals surface area (Å²) in [6.07, 6.45) is 1.65. The average Bonchev–Trinajstić information content (AvgIpc) is 3.41. The lowest BCUT2D eigenvalue weighted by molar-refractivity contribution is 0.0582. The van der Waals surface area contributed by atoms with Crippen molar-refractivity contribution in [2.24, 2.45) is 0 Å². The number of benzene rings is 2. The van der Waals surface area contributed by atoms with Crippen molar-refractivity contribution in [2.45, 2.75) is 33.4 Å². The molecule has 3 amide bonds. The molecule has 4 aromatic rings. The normalized spacial score (nSPS) is 16.0. The minimum atomic E-state index is -0.143. The van der Waals surface area contributed by atoms with Crippen LogP contribution in [0.2, 0.25) is 0 Å². The van der Waals surface area contributed by atoms with Gasteiger partial charge in [-0.15, -0.1) is 0 Å². The van der Waals surface area contributed by atoms with Gasteiger partial charge in [-0.25, -0.2) is 4.79 Å². The van der Waals surface area contributed by atoms with E-state index in [0.717, 1.165) is 22.2 Å². The van der Waals surface area contributed by atoms with Crippen molar-refractivity contribution in [3.05, 3.63) is 89.3 Å². The summed E-state index contributed by atoms with van der Waals surface area (Å²) >= 11 is 0. The highest BCUT2D eigenvalue weighted by molar-refractivity contribution is 5.98. The van der Waals surface area contributed by atoms with Crippen LogP contribution in [-0.4, -0.2) is 52.0 Å². The molecule has 0 saturated carbocycles. The predicted molar refractivity (Wildman–Crippen MR) is 137 cm³/mol. The number of carbonyl (C=O) groups is 2. The molecule has 1 aliphatic heterocycles. The molecule has 1 saturated heterocycles. The van der Waals surface area contributed by atoms with Crippen LogP contribution in [0, 0.1) is 13.8 Å². The topological polar surface area (TPSA) is 70.7 Å². The number of aryl methyl sites for hydroxylation is 2. The lowest BCUT2D eigenvalue weighted by Crippen LogP contribution is -2.56. The van der Waals surface area contributed by atoms with Crippen molar-refractivity contribution in [1.82, 2.24) is 14.4 Å². The quantitative estimate of drug-likeness (QED) is 0.441. The van der Waals surface area contributed by atoms with Crippen LogP contribution in [0.1, 0.15) is 34.1 Å². The Labute approximate surface area is 204 Å². The third kappa shape index (κ3) is 4.67. The second-order valence-corrected chi connectivity index (χ2v) is 9.38. The number of aromatic nitrogens is 1. The van der Waals surface area contributed by atoms with Crippen LogP contribution in [0.5, 0.6) is 0 Å². The summed E-state index contributed by atoms with van der Waals surface area (Å²) in [5.41, 5.74) is 5.44. The maximum absolute atomic E-state index is 13.6. The molecule has 0 bridgehead atoms. The molecule has 35 heavy (non-hydrogen) atoms. The fourth-order valence-electron chi connectivity index (χ4n) is 4.83. The highest BCUT2D eigenvalue weighted by Crippen LogP contribution is 2.25. The molecule has 3 heterocycles. The van der Waals surface area contributed by atoms with E-state index in [9.17, 15) is 9.59 Å². The number of piperazine rings is 1. The van der Waals surface area contributed by atoms with E-state index in [1.165, 1.54) is 5.56 Å². The zero-order valence-electron chi connectivity index (χ0n) is 20.3. The summed E-state index contributed by atoms with van der Waals surface area (Å²) in [5, 5.41) is 3.89. The summed E-state index contributed by atoms with van der Waals surface area (Å²) < 4.78 is 7.69. The van der Waals surface area contributed by atoms with E-state index in [1.54, 1.807) is 11.2 Å². The van der Waals surface area contributed by atoms with Gasteiger partial charge in [-0.05, 0) is 56.2 Å². The fraction of sp³-hybridized carbons (Fsp3) is 0.286. The second-order valence-electron chi connectivity index (χ2n) is 9.38. The minimum Gasteiger partial charge on any atom is -0.448 e. The van der Waals surface area contributed by atoms with E-state index in [2.05, 4.69) is 30.4 Å². The molecule has 5 rings (SSSR count). The van der Waals surface area contributed by atoms with E-state index >= 15 is 0 Å². The number of amides is 3. The van der Waals surface area contributed by atoms with Gasteiger partial charge in [0.2, 0.25) is 5.71 Å². The van der Waals surface area contributed by atoms with Gasteiger partial charge >= 0.3 is 6.03 Å². The lowest BCUT2D eigenvalue weighted by Gasteiger charge is -2.39. The molecule has 2 aromatic carbocycles. The molecule has 1 fully saturated rings. The van der Waals surface area contributed by atoms with Gasteiger partial charge in [0.15, 0.2) is 0 Å². The summed E-state index contributed by atoms with van der Waals surface area (Å²) in [6.45, 7) is 8.00. The molecule has 2 aromatic heterocycles. The fourth-order valence-corrected chi connectivity index (χ4v) is 4.83. The maximum atomic E-state index is 13.6. The standard InChI is InChI=1S/C28H30N4O3/c1-19-6-4-8-22(14-19)18-32-25(16-23-10-13-35-27(23)32)26(33)30-11-12-31(21(3)17-30)28(34)29-24-9-5-7-20(2)15-24/h4-10,13-16,21H,11-12,17-18H2,1-3H3,(H,29,34). The van der Waals surface area contributed by atoms with Gasteiger partial charge < -0.3 is 24.1 Å². The molecular weight excluding hydrogens is 440 g/mol. The van der Waals surface area contributed by atoms with Gasteiger partial charge in [0.1, 0.15) is 5.69 Å². The number of furan rings is 1. The maximum Gasteiger partial charge on any atom is 0.322 e. The first-order chi connectivity index (χ1) is 16.9. The Balaban J connectivity index is 1.32. The van der Waals surface area contributed by atoms with Crippen molar-refractivity contribution in [3.8, 4) is 0 Å². The Morgan fingerprint density at radius 3 is 2.51 bits per heavy atom. The number of nitrogens with zero attached hydrogens (tertiary/aromatic N) is 3. The average molecular weight is 471 g/mol. The van der Waals surface area contributed by atoms with Crippen LogP contribution >= 0.6 is 0 Å². The highest BCUT2D eigenvalue weighted by atomic mass is 16.3. The van der Waals surface area contributed by atoms with Gasteiger partial charge in [-0.1, -0.05) is 42.0 Å². The monoisotopic (exact) mass is 470 g/mol. The number of fused-ring (bicyclic) bond motifs is 1. The van der Waals surface area contributed by atoms with Crippen LogP contribution in [0.3, 0.4) is 0 Å². The van der Waals surface area contributed by atoms with Gasteiger partial charge in [-0.3, -0.25) is 4.79 Å². The summed E-state index contributed by atoms with van der Waals surface area (Å²) in [4.78, 5) is 30.2. The minimum absolute atomic E-state index is 0.0466. The molecule has 1 atom stereocenters. The van der Waals surface area contributed by atoms with E-state index in [-0.39, 0.29) is 18.0 Å². The molecule has 1 unspecified atom stereocenters. The molecule has 0 radical (unpaired) electrons. The molecule has 180 valence electrons. The van der Waals surface area contributed by atoms with Gasteiger partial charge in [-0.2, -0.15) is 0 Å². The molecular formula is C28H30N4O3. The Bertz CT molecular complexity index is 1390. The predicted octanol–water partition coefficient (Wildman–Crippen LogP) is 5.28. The number of urea groups is 1. The van der Waals surface area contributed by atoms with Crippen molar-refractivity contribution >= 4 is 28.7 Å². The van der Waals surface area contributed by atoms with Crippen LogP contribution in [0.15, 0.2) is 71.3 Å². The zero-order chi connectivity index (χ0) is 24.5. The van der Waals surface area contributed by atoms with Gasteiger partial charge in [0.05, 0.1) is 12.8 Å². The lowest BCUT2D eigenvalue weighted by atomic mass is 10.1. The molecule has 7 nitrogen and oxygen atoms in total. The van der Waals surface area contributed by atoms with E-state index in [4.69, 9.17) is 4.42 Å². The third-order valence-corrected chi connectivity index (χ3v) is 6.59. The molecule has 0 aliphatic carbocycles. The number of anilines is 1. The zero-order valence-corrected chi connectivity index (χ0v) is 20.3. The Kier molecular flexibility index (Phi) is 6.07. The van der Waals surface area contributed by atoms with Crippen molar-refractivity contribution < 1.29 is 14.0 Å². The largest absolute Gasteiger partial charge is 0.448 e.